The summed E-state index contributed by atoms with van der Waals surface area (Å²) in [5, 5.41) is 0. The molecule has 2 heterocycles. The van der Waals surface area contributed by atoms with Gasteiger partial charge >= 0.3 is 5.97 Å². The van der Waals surface area contributed by atoms with E-state index in [1.54, 1.807) is 39.4 Å². The number of aromatic amines is 1. The van der Waals surface area contributed by atoms with Crippen LogP contribution < -0.4 is 4.90 Å². The van der Waals surface area contributed by atoms with Gasteiger partial charge in [-0.05, 0) is 39.3 Å². The number of likely N-dealkylation sites (N-methyl/N-ethyl adjacent to an activating group) is 1. The molecule has 0 aromatic carbocycles. The number of carbonyl (C=O) groups is 3. The molecule has 1 unspecified atom stereocenters. The molecule has 0 aliphatic heterocycles. The second kappa shape index (κ2) is 7.90. The highest BCUT2D eigenvalue weighted by Crippen LogP contribution is 2.20. The topological polar surface area (TPSA) is 105 Å². The molecule has 1 N–H and O–H groups in total. The summed E-state index contributed by atoms with van der Waals surface area (Å²) < 4.78 is 5.23. The fourth-order valence-corrected chi connectivity index (χ4v) is 2.77. The van der Waals surface area contributed by atoms with E-state index < -0.39 is 12.1 Å². The number of ketones is 2. The predicted molar refractivity (Wildman–Crippen MR) is 95.5 cm³/mol. The van der Waals surface area contributed by atoms with Crippen molar-refractivity contribution >= 4 is 23.5 Å². The van der Waals surface area contributed by atoms with E-state index in [4.69, 9.17) is 4.74 Å². The number of carbonyl (C=O) groups excluding carboxylic acids is 3. The molecule has 2 aromatic rings. The van der Waals surface area contributed by atoms with Gasteiger partial charge in [0, 0.05) is 30.7 Å². The van der Waals surface area contributed by atoms with Crippen LogP contribution in [0.4, 0.5) is 5.95 Å². The second-order valence-electron chi connectivity index (χ2n) is 6.08. The first kappa shape index (κ1) is 19.3. The highest BCUT2D eigenvalue weighted by atomic mass is 16.5. The molecule has 0 spiro atoms. The van der Waals surface area contributed by atoms with Crippen LogP contribution in [-0.4, -0.2) is 52.2 Å². The van der Waals surface area contributed by atoms with E-state index in [0.717, 1.165) is 0 Å². The Kier molecular flexibility index (Phi) is 5.86. The molecule has 0 amide bonds. The number of aryl methyl sites for hydroxylation is 1. The lowest BCUT2D eigenvalue weighted by Crippen LogP contribution is -2.33. The smallest absolute Gasteiger partial charge is 0.326 e. The molecule has 8 heteroatoms. The van der Waals surface area contributed by atoms with Crippen molar-refractivity contribution in [3.05, 3.63) is 41.0 Å². The van der Waals surface area contributed by atoms with E-state index in [-0.39, 0.29) is 23.8 Å². The molecular weight excluding hydrogens is 336 g/mol. The van der Waals surface area contributed by atoms with Crippen LogP contribution >= 0.6 is 0 Å². The minimum Gasteiger partial charge on any atom is -0.453 e. The third-order valence-corrected chi connectivity index (χ3v) is 3.97. The van der Waals surface area contributed by atoms with Gasteiger partial charge in [-0.3, -0.25) is 14.4 Å². The van der Waals surface area contributed by atoms with Crippen molar-refractivity contribution in [3.63, 3.8) is 0 Å². The Morgan fingerprint density at radius 2 is 1.85 bits per heavy atom. The van der Waals surface area contributed by atoms with Gasteiger partial charge in [0.2, 0.25) is 11.7 Å². The van der Waals surface area contributed by atoms with Crippen molar-refractivity contribution in [2.45, 2.75) is 33.8 Å². The first-order chi connectivity index (χ1) is 12.2. The van der Waals surface area contributed by atoms with Gasteiger partial charge in [-0.2, -0.15) is 0 Å². The summed E-state index contributed by atoms with van der Waals surface area (Å²) in [7, 11) is 1.65. The van der Waals surface area contributed by atoms with Crippen molar-refractivity contribution in [1.29, 1.82) is 0 Å². The summed E-state index contributed by atoms with van der Waals surface area (Å²) in [4.78, 5) is 48.9. The van der Waals surface area contributed by atoms with Crippen LogP contribution in [0.15, 0.2) is 18.5 Å². The van der Waals surface area contributed by atoms with E-state index in [9.17, 15) is 14.4 Å². The zero-order chi connectivity index (χ0) is 19.4. The number of ether oxygens (including phenoxy) is 1. The molecule has 2 rings (SSSR count). The van der Waals surface area contributed by atoms with Crippen LogP contribution in [0, 0.1) is 13.8 Å². The Labute approximate surface area is 151 Å². The number of nitrogens with zero attached hydrogens (tertiary/aromatic N) is 3. The normalized spacial score (nSPS) is 11.7. The number of hydrogen-bond donors (Lipinski definition) is 1. The van der Waals surface area contributed by atoms with Crippen molar-refractivity contribution in [2.75, 3.05) is 18.5 Å². The lowest BCUT2D eigenvalue weighted by Gasteiger charge is -2.17. The van der Waals surface area contributed by atoms with Gasteiger partial charge in [0.15, 0.2) is 11.9 Å². The quantitative estimate of drug-likeness (QED) is 0.595. The van der Waals surface area contributed by atoms with Gasteiger partial charge in [0.25, 0.3) is 0 Å². The molecule has 8 nitrogen and oxygen atoms in total. The maximum Gasteiger partial charge on any atom is 0.326 e. The van der Waals surface area contributed by atoms with Crippen molar-refractivity contribution < 1.29 is 19.1 Å². The summed E-state index contributed by atoms with van der Waals surface area (Å²) in [5.74, 6) is -0.701. The predicted octanol–water partition coefficient (Wildman–Crippen LogP) is 1.87. The largest absolute Gasteiger partial charge is 0.453 e. The average molecular weight is 358 g/mol. The maximum absolute atomic E-state index is 12.6. The molecule has 0 bridgehead atoms. The Bertz CT molecular complexity index is 829. The first-order valence-electron chi connectivity index (χ1n) is 8.14. The fourth-order valence-electron chi connectivity index (χ4n) is 2.77. The summed E-state index contributed by atoms with van der Waals surface area (Å²) in [5.41, 5.74) is 1.97. The summed E-state index contributed by atoms with van der Waals surface area (Å²) in [6.07, 6.45) is 2.16. The van der Waals surface area contributed by atoms with Gasteiger partial charge in [-0.25, -0.2) is 9.97 Å². The highest BCUT2D eigenvalue weighted by molar-refractivity contribution is 6.05. The molecule has 26 heavy (non-hydrogen) atoms. The number of rotatable bonds is 7. The van der Waals surface area contributed by atoms with E-state index in [1.807, 2.05) is 0 Å². The number of Topliss-reactive ketones (excluding diaryl/α,β-unsaturated/α-hetero) is 2. The van der Waals surface area contributed by atoms with Crippen LogP contribution in [0.3, 0.4) is 0 Å². The van der Waals surface area contributed by atoms with Crippen LogP contribution in [0.25, 0.3) is 0 Å². The molecule has 0 radical (unpaired) electrons. The number of aromatic nitrogens is 3. The zero-order valence-electron chi connectivity index (χ0n) is 15.5. The number of esters is 1. The van der Waals surface area contributed by atoms with Crippen LogP contribution in [0.2, 0.25) is 0 Å². The Morgan fingerprint density at radius 3 is 2.38 bits per heavy atom. The number of H-pyrrole nitrogens is 1. The molecule has 1 atom stereocenters. The Hall–Kier alpha value is -3.03. The van der Waals surface area contributed by atoms with Crippen LogP contribution in [-0.2, 0) is 9.53 Å². The minimum absolute atomic E-state index is 0.0942. The van der Waals surface area contributed by atoms with Crippen LogP contribution in [0.5, 0.6) is 0 Å². The van der Waals surface area contributed by atoms with Crippen LogP contribution in [0.1, 0.15) is 46.0 Å². The molecule has 138 valence electrons. The monoisotopic (exact) mass is 358 g/mol. The molecule has 0 saturated carbocycles. The standard InChI is InChI=1S/C18H22N4O4/c1-10-15(12(3)23)11(2)21-16(10)17(25)13(4)26-14(24)9-22(5)18-19-7-6-8-20-18/h6-8,13,21H,9H2,1-5H3. The van der Waals surface area contributed by atoms with E-state index in [2.05, 4.69) is 15.0 Å². The summed E-state index contributed by atoms with van der Waals surface area (Å²) in [6, 6.07) is 1.67. The van der Waals surface area contributed by atoms with Crippen molar-refractivity contribution in [3.8, 4) is 0 Å². The fraction of sp³-hybridized carbons (Fsp3) is 0.389. The average Bonchev–Trinajstić information content (AvgIpc) is 2.89. The Morgan fingerprint density at radius 1 is 1.23 bits per heavy atom. The lowest BCUT2D eigenvalue weighted by molar-refractivity contribution is -0.144. The van der Waals surface area contributed by atoms with E-state index in [1.165, 1.54) is 18.7 Å². The molecule has 0 saturated heterocycles. The summed E-state index contributed by atoms with van der Waals surface area (Å²) in [6.45, 7) is 6.28. The second-order valence-corrected chi connectivity index (χ2v) is 6.08. The Balaban J connectivity index is 2.04. The SMILES string of the molecule is CC(=O)c1c(C)[nH]c(C(=O)C(C)OC(=O)CN(C)c2ncccn2)c1C. The number of anilines is 1. The van der Waals surface area contributed by atoms with Crippen molar-refractivity contribution in [1.82, 2.24) is 15.0 Å². The first-order valence-corrected chi connectivity index (χ1v) is 8.14. The zero-order valence-corrected chi connectivity index (χ0v) is 15.5. The third kappa shape index (κ3) is 4.14. The molecule has 0 aliphatic carbocycles. The molecule has 0 fully saturated rings. The maximum atomic E-state index is 12.6. The van der Waals surface area contributed by atoms with Gasteiger partial charge < -0.3 is 14.6 Å². The van der Waals surface area contributed by atoms with E-state index in [0.29, 0.717) is 22.8 Å². The third-order valence-electron chi connectivity index (χ3n) is 3.97. The molecule has 0 aliphatic rings. The summed E-state index contributed by atoms with van der Waals surface area (Å²) >= 11 is 0. The number of nitrogens with one attached hydrogen (secondary N) is 1. The van der Waals surface area contributed by atoms with Gasteiger partial charge in [-0.1, -0.05) is 0 Å². The highest BCUT2D eigenvalue weighted by Gasteiger charge is 2.26. The number of hydrogen-bond acceptors (Lipinski definition) is 7. The van der Waals surface area contributed by atoms with E-state index >= 15 is 0 Å². The minimum atomic E-state index is -0.982. The molecule has 2 aromatic heterocycles. The lowest BCUT2D eigenvalue weighted by atomic mass is 10.0. The van der Waals surface area contributed by atoms with Gasteiger partial charge in [0.1, 0.15) is 6.54 Å². The van der Waals surface area contributed by atoms with Crippen molar-refractivity contribution in [2.24, 2.45) is 0 Å². The molecular formula is C18H22N4O4. The van der Waals surface area contributed by atoms with Gasteiger partial charge in [-0.15, -0.1) is 0 Å². The van der Waals surface area contributed by atoms with Gasteiger partial charge in [0.05, 0.1) is 5.69 Å².